The second-order valence-corrected chi connectivity index (χ2v) is 11.9. The molecule has 0 spiro atoms. The molecular formula is C22H24N2O4S2. The monoisotopic (exact) mass is 444 g/mol. The first-order chi connectivity index (χ1) is 14.1. The summed E-state index contributed by atoms with van der Waals surface area (Å²) in [4.78, 5) is 18.8. The van der Waals surface area contributed by atoms with E-state index in [1.807, 2.05) is 80.3 Å². The molecular weight excluding hydrogens is 420 g/mol. The highest BCUT2D eigenvalue weighted by Crippen LogP contribution is 2.41. The zero-order valence-electron chi connectivity index (χ0n) is 17.1. The molecule has 158 valence electrons. The molecule has 30 heavy (non-hydrogen) atoms. The number of nitrogens with zero attached hydrogens (tertiary/aromatic N) is 2. The van der Waals surface area contributed by atoms with Crippen molar-refractivity contribution in [1.29, 1.82) is 0 Å². The first kappa shape index (κ1) is 20.9. The van der Waals surface area contributed by atoms with E-state index in [9.17, 15) is 13.2 Å². The first-order valence-corrected chi connectivity index (χ1v) is 12.4. The van der Waals surface area contributed by atoms with Gasteiger partial charge in [0.2, 0.25) is 0 Å². The van der Waals surface area contributed by atoms with Crippen molar-refractivity contribution in [1.82, 2.24) is 0 Å². The molecule has 0 N–H and O–H groups in total. The second kappa shape index (κ2) is 7.74. The second-order valence-electron chi connectivity index (χ2n) is 8.53. The lowest BCUT2D eigenvalue weighted by Crippen LogP contribution is -2.38. The van der Waals surface area contributed by atoms with Gasteiger partial charge in [-0.2, -0.15) is 4.99 Å². The Kier molecular flexibility index (Phi) is 5.40. The van der Waals surface area contributed by atoms with E-state index in [1.54, 1.807) is 0 Å². The number of benzene rings is 2. The minimum absolute atomic E-state index is 0.0651. The normalized spacial score (nSPS) is 24.1. The molecule has 0 aromatic heterocycles. The number of anilines is 1. The van der Waals surface area contributed by atoms with Crippen molar-refractivity contribution in [3.8, 4) is 11.5 Å². The summed E-state index contributed by atoms with van der Waals surface area (Å²) in [5, 5.41) is 0.443. The van der Waals surface area contributed by atoms with Crippen LogP contribution in [0.1, 0.15) is 20.8 Å². The summed E-state index contributed by atoms with van der Waals surface area (Å²) in [6.07, 6.45) is 0. The zero-order valence-corrected chi connectivity index (χ0v) is 18.7. The Balaban J connectivity index is 1.64. The molecule has 0 saturated carbocycles. The highest BCUT2D eigenvalue weighted by atomic mass is 32.2. The van der Waals surface area contributed by atoms with Crippen molar-refractivity contribution >= 4 is 38.4 Å². The number of carbonyl (C=O) groups excluding carboxylic acids is 1. The molecule has 0 radical (unpaired) electrons. The maximum Gasteiger partial charge on any atom is 0.253 e. The lowest BCUT2D eigenvalue weighted by atomic mass is 9.96. The summed E-state index contributed by atoms with van der Waals surface area (Å²) in [5.41, 5.74) is 0.198. The molecule has 2 heterocycles. The number of amides is 1. The number of carbonyl (C=O) groups is 1. The molecule has 2 aliphatic rings. The van der Waals surface area contributed by atoms with E-state index >= 15 is 0 Å². The molecule has 2 aromatic carbocycles. The molecule has 0 unspecified atom stereocenters. The Hall–Kier alpha value is -2.32. The fourth-order valence-electron chi connectivity index (χ4n) is 3.42. The highest BCUT2D eigenvalue weighted by molar-refractivity contribution is 8.16. The summed E-state index contributed by atoms with van der Waals surface area (Å²) in [5.74, 6) is 1.37. The van der Waals surface area contributed by atoms with Crippen LogP contribution in [0.5, 0.6) is 11.5 Å². The molecule has 2 aromatic rings. The summed E-state index contributed by atoms with van der Waals surface area (Å²) < 4.78 is 30.2. The number of rotatable bonds is 3. The van der Waals surface area contributed by atoms with Crippen LogP contribution in [0.3, 0.4) is 0 Å². The quantitative estimate of drug-likeness (QED) is 0.709. The predicted octanol–water partition coefficient (Wildman–Crippen LogP) is 4.13. The summed E-state index contributed by atoms with van der Waals surface area (Å²) >= 11 is 1.38. The van der Waals surface area contributed by atoms with Gasteiger partial charge in [-0.05, 0) is 36.4 Å². The summed E-state index contributed by atoms with van der Waals surface area (Å²) in [6.45, 7) is 5.47. The third kappa shape index (κ3) is 4.39. The van der Waals surface area contributed by atoms with E-state index in [2.05, 4.69) is 4.99 Å². The number of para-hydroxylation sites is 1. The molecule has 2 atom stereocenters. The first-order valence-electron chi connectivity index (χ1n) is 9.75. The number of aliphatic imine (C=N–C) groups is 1. The van der Waals surface area contributed by atoms with Crippen LogP contribution >= 0.6 is 11.8 Å². The van der Waals surface area contributed by atoms with Gasteiger partial charge in [-0.1, -0.05) is 50.7 Å². The predicted molar refractivity (Wildman–Crippen MR) is 121 cm³/mol. The van der Waals surface area contributed by atoms with Crippen molar-refractivity contribution in [3.63, 3.8) is 0 Å². The van der Waals surface area contributed by atoms with Gasteiger partial charge in [-0.25, -0.2) is 8.42 Å². The lowest BCUT2D eigenvalue weighted by molar-refractivity contribution is -0.124. The maximum absolute atomic E-state index is 12.5. The van der Waals surface area contributed by atoms with Crippen LogP contribution in [0, 0.1) is 5.41 Å². The number of fused-ring (bicyclic) bond motifs is 1. The van der Waals surface area contributed by atoms with Gasteiger partial charge in [0, 0.05) is 16.4 Å². The molecule has 2 saturated heterocycles. The van der Waals surface area contributed by atoms with E-state index in [-0.39, 0.29) is 28.7 Å². The van der Waals surface area contributed by atoms with Crippen LogP contribution in [-0.2, 0) is 14.6 Å². The van der Waals surface area contributed by atoms with Gasteiger partial charge in [0.25, 0.3) is 5.91 Å². The smallest absolute Gasteiger partial charge is 0.253 e. The van der Waals surface area contributed by atoms with Gasteiger partial charge >= 0.3 is 0 Å². The third-order valence-electron chi connectivity index (χ3n) is 5.00. The number of ether oxygens (including phenoxy) is 1. The van der Waals surface area contributed by atoms with E-state index in [0.29, 0.717) is 10.9 Å². The minimum atomic E-state index is -3.10. The van der Waals surface area contributed by atoms with Crippen LogP contribution in [0.4, 0.5) is 5.69 Å². The number of thioether (sulfide) groups is 1. The highest BCUT2D eigenvalue weighted by Gasteiger charge is 2.49. The topological polar surface area (TPSA) is 76.0 Å². The van der Waals surface area contributed by atoms with E-state index in [4.69, 9.17) is 4.74 Å². The molecule has 2 fully saturated rings. The van der Waals surface area contributed by atoms with Crippen molar-refractivity contribution in [2.75, 3.05) is 16.4 Å². The van der Waals surface area contributed by atoms with Crippen LogP contribution in [0.15, 0.2) is 59.6 Å². The van der Waals surface area contributed by atoms with Crippen molar-refractivity contribution in [3.05, 3.63) is 54.6 Å². The van der Waals surface area contributed by atoms with Crippen LogP contribution in [-0.4, -0.2) is 42.3 Å². The van der Waals surface area contributed by atoms with E-state index < -0.39 is 15.3 Å². The Morgan fingerprint density at radius 2 is 1.67 bits per heavy atom. The number of sulfone groups is 1. The van der Waals surface area contributed by atoms with Gasteiger partial charge in [0.15, 0.2) is 15.0 Å². The standard InChI is InChI=1S/C22H24N2O4S2/c1-22(2,3)20(25)23-21-24(18-13-30(26,27)14-19(18)29-21)15-9-11-17(12-10-15)28-16-7-5-4-6-8-16/h4-12,18-19H,13-14H2,1-3H3/t18-,19-/m0/s1. The van der Waals surface area contributed by atoms with Gasteiger partial charge in [-0.3, -0.25) is 4.79 Å². The maximum atomic E-state index is 12.5. The van der Waals surface area contributed by atoms with Crippen molar-refractivity contribution in [2.45, 2.75) is 32.1 Å². The molecule has 4 rings (SSSR count). The number of hydrogen-bond acceptors (Lipinski definition) is 5. The van der Waals surface area contributed by atoms with Gasteiger partial charge in [0.05, 0.1) is 17.5 Å². The molecule has 8 heteroatoms. The zero-order chi connectivity index (χ0) is 21.5. The number of hydrogen-bond donors (Lipinski definition) is 0. The van der Waals surface area contributed by atoms with Crippen molar-refractivity contribution < 1.29 is 17.9 Å². The molecule has 0 aliphatic carbocycles. The largest absolute Gasteiger partial charge is 0.457 e. The third-order valence-corrected chi connectivity index (χ3v) is 8.21. The van der Waals surface area contributed by atoms with Gasteiger partial charge in [-0.15, -0.1) is 0 Å². The fourth-order valence-corrected chi connectivity index (χ4v) is 7.33. The average molecular weight is 445 g/mol. The Morgan fingerprint density at radius 3 is 2.30 bits per heavy atom. The Labute approximate surface area is 181 Å². The molecule has 2 aliphatic heterocycles. The SMILES string of the molecule is CC(C)(C)C(=O)N=C1S[C@H]2CS(=O)(=O)C[C@@H]2N1c1ccc(Oc2ccccc2)cc1. The van der Waals surface area contributed by atoms with Gasteiger partial charge in [0.1, 0.15) is 11.5 Å². The molecule has 0 bridgehead atoms. The molecule has 1 amide bonds. The van der Waals surface area contributed by atoms with Crippen LogP contribution in [0.25, 0.3) is 0 Å². The fraction of sp³-hybridized carbons (Fsp3) is 0.364. The van der Waals surface area contributed by atoms with Crippen LogP contribution < -0.4 is 9.64 Å². The van der Waals surface area contributed by atoms with Gasteiger partial charge < -0.3 is 9.64 Å². The summed E-state index contributed by atoms with van der Waals surface area (Å²) in [7, 11) is -3.10. The average Bonchev–Trinajstić information content (AvgIpc) is 3.13. The Bertz CT molecular complexity index is 1070. The summed E-state index contributed by atoms with van der Waals surface area (Å²) in [6, 6.07) is 16.7. The van der Waals surface area contributed by atoms with E-state index in [0.717, 1.165) is 11.4 Å². The molecule has 6 nitrogen and oxygen atoms in total. The van der Waals surface area contributed by atoms with Crippen LogP contribution in [0.2, 0.25) is 0 Å². The van der Waals surface area contributed by atoms with E-state index in [1.165, 1.54) is 11.8 Å². The lowest BCUT2D eigenvalue weighted by Gasteiger charge is -2.25. The minimum Gasteiger partial charge on any atom is -0.457 e. The Morgan fingerprint density at radius 1 is 1.03 bits per heavy atom. The van der Waals surface area contributed by atoms with Crippen molar-refractivity contribution in [2.24, 2.45) is 10.4 Å². The number of amidine groups is 1.